The van der Waals surface area contributed by atoms with Crippen LogP contribution >= 0.6 is 11.6 Å². The predicted octanol–water partition coefficient (Wildman–Crippen LogP) is 3.80. The van der Waals surface area contributed by atoms with Crippen molar-refractivity contribution in [2.24, 2.45) is 5.41 Å². The van der Waals surface area contributed by atoms with Gasteiger partial charge in [0.05, 0.1) is 17.4 Å². The fourth-order valence-electron chi connectivity index (χ4n) is 1.74. The lowest BCUT2D eigenvalue weighted by Gasteiger charge is -2.19. The number of imidazole rings is 1. The van der Waals surface area contributed by atoms with Crippen molar-refractivity contribution in [2.45, 2.75) is 27.2 Å². The molecule has 1 aromatic carbocycles. The van der Waals surface area contributed by atoms with Crippen LogP contribution in [0, 0.1) is 5.41 Å². The summed E-state index contributed by atoms with van der Waals surface area (Å²) >= 11 is 6.21. The molecule has 1 heterocycles. The molecule has 0 atom stereocenters. The highest BCUT2D eigenvalue weighted by Crippen LogP contribution is 2.30. The number of H-pyrrole nitrogens is 1. The van der Waals surface area contributed by atoms with Gasteiger partial charge in [0.1, 0.15) is 0 Å². The number of aromatic amines is 1. The van der Waals surface area contributed by atoms with E-state index in [0.717, 1.165) is 28.0 Å². The summed E-state index contributed by atoms with van der Waals surface area (Å²) in [7, 11) is 0. The van der Waals surface area contributed by atoms with Gasteiger partial charge in [-0.2, -0.15) is 0 Å². The first-order chi connectivity index (χ1) is 6.97. The second-order valence-corrected chi connectivity index (χ2v) is 5.47. The molecule has 2 nitrogen and oxygen atoms in total. The van der Waals surface area contributed by atoms with Crippen LogP contribution in [0.5, 0.6) is 0 Å². The van der Waals surface area contributed by atoms with Gasteiger partial charge in [-0.05, 0) is 29.5 Å². The van der Waals surface area contributed by atoms with E-state index in [4.69, 9.17) is 11.6 Å². The van der Waals surface area contributed by atoms with Crippen LogP contribution < -0.4 is 0 Å². The summed E-state index contributed by atoms with van der Waals surface area (Å²) in [6.07, 6.45) is 2.65. The Labute approximate surface area is 94.7 Å². The summed E-state index contributed by atoms with van der Waals surface area (Å²) in [6, 6.07) is 3.90. The molecule has 2 aromatic rings. The number of fused-ring (bicyclic) bond motifs is 1. The smallest absolute Gasteiger partial charge is 0.0932 e. The number of aromatic nitrogens is 2. The Morgan fingerprint density at radius 3 is 2.73 bits per heavy atom. The molecule has 0 amide bonds. The molecule has 0 saturated heterocycles. The predicted molar refractivity (Wildman–Crippen MR) is 64.3 cm³/mol. The van der Waals surface area contributed by atoms with Crippen LogP contribution in [0.3, 0.4) is 0 Å². The highest BCUT2D eigenvalue weighted by molar-refractivity contribution is 6.32. The van der Waals surface area contributed by atoms with Gasteiger partial charge in [0, 0.05) is 5.02 Å². The maximum atomic E-state index is 6.21. The van der Waals surface area contributed by atoms with E-state index in [2.05, 4.69) is 30.7 Å². The Morgan fingerprint density at radius 2 is 2.07 bits per heavy atom. The summed E-state index contributed by atoms with van der Waals surface area (Å²) in [6.45, 7) is 6.61. The topological polar surface area (TPSA) is 28.7 Å². The van der Waals surface area contributed by atoms with Gasteiger partial charge in [0.15, 0.2) is 0 Å². The molecule has 0 bridgehead atoms. The summed E-state index contributed by atoms with van der Waals surface area (Å²) in [5.74, 6) is 0. The number of rotatable bonds is 1. The third-order valence-electron chi connectivity index (χ3n) is 2.35. The number of hydrogen-bond donors (Lipinski definition) is 1. The lowest BCUT2D eigenvalue weighted by Crippen LogP contribution is -2.10. The van der Waals surface area contributed by atoms with E-state index in [9.17, 15) is 0 Å². The van der Waals surface area contributed by atoms with Crippen molar-refractivity contribution in [3.05, 3.63) is 29.0 Å². The summed E-state index contributed by atoms with van der Waals surface area (Å²) in [5, 5.41) is 0.810. The fourth-order valence-corrected chi connectivity index (χ4v) is 1.96. The molecule has 1 N–H and O–H groups in total. The van der Waals surface area contributed by atoms with Gasteiger partial charge in [0.2, 0.25) is 0 Å². The van der Waals surface area contributed by atoms with Crippen molar-refractivity contribution in [2.75, 3.05) is 0 Å². The third kappa shape index (κ3) is 2.15. The molecule has 0 radical (unpaired) electrons. The van der Waals surface area contributed by atoms with E-state index in [-0.39, 0.29) is 5.41 Å². The highest BCUT2D eigenvalue weighted by atomic mass is 35.5. The van der Waals surface area contributed by atoms with Gasteiger partial charge in [-0.25, -0.2) is 4.98 Å². The standard InChI is InChI=1S/C12H15ClN2/c1-12(2,3)6-8-9(13)4-5-10-11(8)15-7-14-10/h4-5,7H,6H2,1-3H3,(H,14,15). The molecule has 0 fully saturated rings. The molecule has 1 aromatic heterocycles. The minimum Gasteiger partial charge on any atom is -0.345 e. The van der Waals surface area contributed by atoms with E-state index in [1.165, 1.54) is 0 Å². The molecular formula is C12H15ClN2. The normalized spacial score (nSPS) is 12.3. The first-order valence-electron chi connectivity index (χ1n) is 5.08. The van der Waals surface area contributed by atoms with Gasteiger partial charge in [0.25, 0.3) is 0 Å². The number of halogens is 1. The molecule has 80 valence electrons. The Hall–Kier alpha value is -1.02. The maximum Gasteiger partial charge on any atom is 0.0932 e. The van der Waals surface area contributed by atoms with E-state index >= 15 is 0 Å². The highest BCUT2D eigenvalue weighted by Gasteiger charge is 2.16. The molecule has 0 saturated carbocycles. The minimum absolute atomic E-state index is 0.219. The third-order valence-corrected chi connectivity index (χ3v) is 2.70. The number of nitrogens with zero attached hydrogens (tertiary/aromatic N) is 1. The van der Waals surface area contributed by atoms with Gasteiger partial charge < -0.3 is 4.98 Å². The zero-order valence-electron chi connectivity index (χ0n) is 9.26. The Balaban J connectivity index is 2.56. The van der Waals surface area contributed by atoms with E-state index < -0.39 is 0 Å². The molecule has 0 aliphatic carbocycles. The Kier molecular flexibility index (Phi) is 2.47. The van der Waals surface area contributed by atoms with Gasteiger partial charge in [-0.3, -0.25) is 0 Å². The van der Waals surface area contributed by atoms with Crippen LogP contribution in [0.2, 0.25) is 5.02 Å². The van der Waals surface area contributed by atoms with Crippen LogP contribution in [-0.4, -0.2) is 9.97 Å². The van der Waals surface area contributed by atoms with Crippen LogP contribution in [-0.2, 0) is 6.42 Å². The van der Waals surface area contributed by atoms with E-state index in [1.807, 2.05) is 12.1 Å². The Bertz CT molecular complexity index is 480. The van der Waals surface area contributed by atoms with Crippen molar-refractivity contribution in [3.63, 3.8) is 0 Å². The van der Waals surface area contributed by atoms with Crippen LogP contribution in [0.25, 0.3) is 11.0 Å². The average molecular weight is 223 g/mol. The minimum atomic E-state index is 0.219. The SMILES string of the molecule is CC(C)(C)Cc1c(Cl)ccc2[nH]cnc12. The molecule has 15 heavy (non-hydrogen) atoms. The molecule has 0 aliphatic heterocycles. The first-order valence-corrected chi connectivity index (χ1v) is 5.46. The van der Waals surface area contributed by atoms with Crippen LogP contribution in [0.1, 0.15) is 26.3 Å². The number of benzene rings is 1. The largest absolute Gasteiger partial charge is 0.345 e. The summed E-state index contributed by atoms with van der Waals surface area (Å²) in [5.41, 5.74) is 3.41. The van der Waals surface area contributed by atoms with Gasteiger partial charge in [-0.15, -0.1) is 0 Å². The average Bonchev–Trinajstić information content (AvgIpc) is 2.56. The summed E-state index contributed by atoms with van der Waals surface area (Å²) < 4.78 is 0. The second kappa shape index (κ2) is 3.53. The van der Waals surface area contributed by atoms with Crippen molar-refractivity contribution < 1.29 is 0 Å². The molecule has 0 spiro atoms. The van der Waals surface area contributed by atoms with Crippen molar-refractivity contribution >= 4 is 22.6 Å². The number of nitrogens with one attached hydrogen (secondary N) is 1. The van der Waals surface area contributed by atoms with Crippen molar-refractivity contribution in [1.82, 2.24) is 9.97 Å². The second-order valence-electron chi connectivity index (χ2n) is 5.06. The van der Waals surface area contributed by atoms with Gasteiger partial charge in [-0.1, -0.05) is 32.4 Å². The maximum absolute atomic E-state index is 6.21. The van der Waals surface area contributed by atoms with Gasteiger partial charge >= 0.3 is 0 Å². The fraction of sp³-hybridized carbons (Fsp3) is 0.417. The summed E-state index contributed by atoms with van der Waals surface area (Å²) in [4.78, 5) is 7.43. The quantitative estimate of drug-likeness (QED) is 0.781. The lowest BCUT2D eigenvalue weighted by molar-refractivity contribution is 0.412. The first kappa shape index (κ1) is 10.5. The zero-order chi connectivity index (χ0) is 11.1. The molecule has 3 heteroatoms. The molecule has 2 rings (SSSR count). The number of hydrogen-bond acceptors (Lipinski definition) is 1. The monoisotopic (exact) mass is 222 g/mol. The Morgan fingerprint density at radius 1 is 1.33 bits per heavy atom. The zero-order valence-corrected chi connectivity index (χ0v) is 10.0. The molecule has 0 aliphatic rings. The molecular weight excluding hydrogens is 208 g/mol. The van der Waals surface area contributed by atoms with Crippen LogP contribution in [0.15, 0.2) is 18.5 Å². The van der Waals surface area contributed by atoms with E-state index in [0.29, 0.717) is 0 Å². The van der Waals surface area contributed by atoms with Crippen molar-refractivity contribution in [3.8, 4) is 0 Å². The van der Waals surface area contributed by atoms with Crippen molar-refractivity contribution in [1.29, 1.82) is 0 Å². The van der Waals surface area contributed by atoms with E-state index in [1.54, 1.807) is 6.33 Å². The van der Waals surface area contributed by atoms with Crippen LogP contribution in [0.4, 0.5) is 0 Å². The molecule has 0 unspecified atom stereocenters. The lowest BCUT2D eigenvalue weighted by atomic mass is 9.87.